The van der Waals surface area contributed by atoms with E-state index >= 15 is 0 Å². The molecule has 0 spiro atoms. The van der Waals surface area contributed by atoms with E-state index in [-0.39, 0.29) is 5.97 Å². The Morgan fingerprint density at radius 3 is 2.50 bits per heavy atom. The van der Waals surface area contributed by atoms with Gasteiger partial charge in [0.15, 0.2) is 0 Å². The number of methoxy groups -OCH3 is 1. The average molecular weight is 259 g/mol. The summed E-state index contributed by atoms with van der Waals surface area (Å²) in [5.74, 6) is 0.266. The summed E-state index contributed by atoms with van der Waals surface area (Å²) in [5, 5.41) is 3.20. The van der Waals surface area contributed by atoms with Crippen molar-refractivity contribution in [2.45, 2.75) is 52.5 Å². The number of carbonyl (C=O) groups is 1. The lowest BCUT2D eigenvalue weighted by Crippen LogP contribution is -2.54. The van der Waals surface area contributed by atoms with Crippen molar-refractivity contribution in [3.8, 4) is 0 Å². The lowest BCUT2D eigenvalue weighted by Gasteiger charge is -2.28. The molecule has 0 bridgehead atoms. The van der Waals surface area contributed by atoms with Gasteiger partial charge in [0.25, 0.3) is 0 Å². The van der Waals surface area contributed by atoms with Gasteiger partial charge in [-0.1, -0.05) is 27.2 Å². The van der Waals surface area contributed by atoms with Crippen LogP contribution in [0.5, 0.6) is 0 Å². The number of rotatable bonds is 10. The quantitative estimate of drug-likeness (QED) is 0.612. The van der Waals surface area contributed by atoms with Gasteiger partial charge in [0, 0.05) is 6.61 Å². The minimum Gasteiger partial charge on any atom is -0.468 e. The van der Waals surface area contributed by atoms with E-state index < -0.39 is 5.54 Å². The zero-order valence-electron chi connectivity index (χ0n) is 12.5. The first-order valence-corrected chi connectivity index (χ1v) is 6.91. The molecule has 18 heavy (non-hydrogen) atoms. The summed E-state index contributed by atoms with van der Waals surface area (Å²) >= 11 is 0. The summed E-state index contributed by atoms with van der Waals surface area (Å²) < 4.78 is 10.5. The molecule has 2 unspecified atom stereocenters. The van der Waals surface area contributed by atoms with E-state index in [9.17, 15) is 4.79 Å². The smallest absolute Gasteiger partial charge is 0.328 e. The fourth-order valence-corrected chi connectivity index (χ4v) is 1.85. The summed E-state index contributed by atoms with van der Waals surface area (Å²) in [5.41, 5.74) is -0.739. The molecule has 0 saturated heterocycles. The third-order valence-corrected chi connectivity index (χ3v) is 2.98. The van der Waals surface area contributed by atoms with Gasteiger partial charge in [0.1, 0.15) is 5.54 Å². The molecule has 0 aromatic rings. The standard InChI is InChI=1S/C14H29NO3/c1-6-8-12(3)10-18-11-14(4,13(16)17-5)15-9-7-2/h12,15H,6-11H2,1-5H3. The van der Waals surface area contributed by atoms with E-state index in [0.717, 1.165) is 25.8 Å². The molecule has 0 fully saturated rings. The fraction of sp³-hybridized carbons (Fsp3) is 0.929. The van der Waals surface area contributed by atoms with Crippen LogP contribution < -0.4 is 5.32 Å². The van der Waals surface area contributed by atoms with Gasteiger partial charge in [0.05, 0.1) is 13.7 Å². The second-order valence-corrected chi connectivity index (χ2v) is 5.16. The molecular weight excluding hydrogens is 230 g/mol. The van der Waals surface area contributed by atoms with Gasteiger partial charge in [-0.05, 0) is 32.2 Å². The Balaban J connectivity index is 4.20. The highest BCUT2D eigenvalue weighted by Gasteiger charge is 2.34. The Bertz CT molecular complexity index is 233. The molecule has 4 heteroatoms. The van der Waals surface area contributed by atoms with Gasteiger partial charge in [-0.2, -0.15) is 0 Å². The Morgan fingerprint density at radius 2 is 2.00 bits per heavy atom. The van der Waals surface area contributed by atoms with Gasteiger partial charge in [-0.25, -0.2) is 4.79 Å². The van der Waals surface area contributed by atoms with Crippen LogP contribution in [0.25, 0.3) is 0 Å². The van der Waals surface area contributed by atoms with Crippen molar-refractivity contribution in [1.82, 2.24) is 5.32 Å². The largest absolute Gasteiger partial charge is 0.468 e. The highest BCUT2D eigenvalue weighted by Crippen LogP contribution is 2.10. The van der Waals surface area contributed by atoms with Crippen LogP contribution in [0, 0.1) is 5.92 Å². The molecule has 0 rings (SSSR count). The second-order valence-electron chi connectivity index (χ2n) is 5.16. The summed E-state index contributed by atoms with van der Waals surface area (Å²) in [6.45, 7) is 10.0. The Labute approximate surface area is 111 Å². The predicted molar refractivity (Wildman–Crippen MR) is 73.6 cm³/mol. The van der Waals surface area contributed by atoms with Crippen LogP contribution >= 0.6 is 0 Å². The third-order valence-electron chi connectivity index (χ3n) is 2.98. The topological polar surface area (TPSA) is 47.6 Å². The first-order valence-electron chi connectivity index (χ1n) is 6.91. The Morgan fingerprint density at radius 1 is 1.33 bits per heavy atom. The zero-order chi connectivity index (χ0) is 14.0. The van der Waals surface area contributed by atoms with Crippen molar-refractivity contribution in [2.24, 2.45) is 5.92 Å². The molecule has 0 saturated carbocycles. The summed E-state index contributed by atoms with van der Waals surface area (Å²) in [6.07, 6.45) is 3.28. The average Bonchev–Trinajstić information content (AvgIpc) is 2.35. The number of hydrogen-bond acceptors (Lipinski definition) is 4. The van der Waals surface area contributed by atoms with Crippen LogP contribution in [0.4, 0.5) is 0 Å². The summed E-state index contributed by atoms with van der Waals surface area (Å²) in [4.78, 5) is 11.8. The molecule has 0 aliphatic rings. The molecule has 0 aromatic heterocycles. The molecule has 0 aliphatic heterocycles. The minimum atomic E-state index is -0.739. The lowest BCUT2D eigenvalue weighted by molar-refractivity contribution is -0.150. The van der Waals surface area contributed by atoms with E-state index in [1.807, 2.05) is 6.92 Å². The van der Waals surface area contributed by atoms with Gasteiger partial charge in [0.2, 0.25) is 0 Å². The molecule has 0 radical (unpaired) electrons. The molecule has 0 aromatic carbocycles. The van der Waals surface area contributed by atoms with E-state index in [0.29, 0.717) is 19.1 Å². The van der Waals surface area contributed by atoms with E-state index in [4.69, 9.17) is 9.47 Å². The van der Waals surface area contributed by atoms with E-state index in [1.165, 1.54) is 7.11 Å². The van der Waals surface area contributed by atoms with E-state index in [1.54, 1.807) is 0 Å². The number of hydrogen-bond donors (Lipinski definition) is 1. The highest BCUT2D eigenvalue weighted by atomic mass is 16.5. The fourth-order valence-electron chi connectivity index (χ4n) is 1.85. The molecule has 1 N–H and O–H groups in total. The molecule has 0 aliphatic carbocycles. The SMILES string of the molecule is CCCNC(C)(COCC(C)CCC)C(=O)OC. The minimum absolute atomic E-state index is 0.265. The lowest BCUT2D eigenvalue weighted by atomic mass is 10.0. The molecule has 108 valence electrons. The predicted octanol–water partition coefficient (Wildman–Crippen LogP) is 2.37. The normalized spacial score (nSPS) is 16.1. The van der Waals surface area contributed by atoms with E-state index in [2.05, 4.69) is 26.1 Å². The van der Waals surface area contributed by atoms with Crippen molar-refractivity contribution < 1.29 is 14.3 Å². The van der Waals surface area contributed by atoms with Crippen LogP contribution in [0.2, 0.25) is 0 Å². The maximum atomic E-state index is 11.8. The molecule has 4 nitrogen and oxygen atoms in total. The van der Waals surface area contributed by atoms with Crippen LogP contribution in [0.1, 0.15) is 47.0 Å². The first-order chi connectivity index (χ1) is 8.50. The number of carbonyl (C=O) groups excluding carboxylic acids is 1. The molecule has 2 atom stereocenters. The molecular formula is C14H29NO3. The maximum Gasteiger partial charge on any atom is 0.328 e. The van der Waals surface area contributed by atoms with Crippen molar-refractivity contribution in [1.29, 1.82) is 0 Å². The highest BCUT2D eigenvalue weighted by molar-refractivity contribution is 5.80. The number of esters is 1. The third kappa shape index (κ3) is 6.36. The second kappa shape index (κ2) is 9.34. The van der Waals surface area contributed by atoms with Crippen LogP contribution in [0.3, 0.4) is 0 Å². The summed E-state index contributed by atoms with van der Waals surface area (Å²) in [7, 11) is 1.41. The van der Waals surface area contributed by atoms with Crippen molar-refractivity contribution in [3.63, 3.8) is 0 Å². The van der Waals surface area contributed by atoms with Crippen molar-refractivity contribution in [3.05, 3.63) is 0 Å². The summed E-state index contributed by atoms with van der Waals surface area (Å²) in [6, 6.07) is 0. The van der Waals surface area contributed by atoms with Crippen LogP contribution in [0.15, 0.2) is 0 Å². The number of ether oxygens (including phenoxy) is 2. The van der Waals surface area contributed by atoms with Crippen LogP contribution in [-0.4, -0.2) is 38.4 Å². The van der Waals surface area contributed by atoms with Gasteiger partial charge < -0.3 is 14.8 Å². The Hall–Kier alpha value is -0.610. The van der Waals surface area contributed by atoms with Crippen LogP contribution in [-0.2, 0) is 14.3 Å². The number of nitrogens with one attached hydrogen (secondary N) is 1. The first kappa shape index (κ1) is 17.4. The Kier molecular flexibility index (Phi) is 9.02. The van der Waals surface area contributed by atoms with Gasteiger partial charge >= 0.3 is 5.97 Å². The maximum absolute atomic E-state index is 11.8. The molecule has 0 amide bonds. The van der Waals surface area contributed by atoms with Gasteiger partial charge in [-0.15, -0.1) is 0 Å². The zero-order valence-corrected chi connectivity index (χ0v) is 12.5. The molecule has 0 heterocycles. The van der Waals surface area contributed by atoms with Crippen molar-refractivity contribution in [2.75, 3.05) is 26.9 Å². The van der Waals surface area contributed by atoms with Crippen molar-refractivity contribution >= 4 is 5.97 Å². The monoisotopic (exact) mass is 259 g/mol. The van der Waals surface area contributed by atoms with Gasteiger partial charge in [-0.3, -0.25) is 0 Å².